The number of amides is 1. The number of carbonyl (C=O) groups is 1. The van der Waals surface area contributed by atoms with E-state index in [2.05, 4.69) is 5.32 Å². The summed E-state index contributed by atoms with van der Waals surface area (Å²) in [5.41, 5.74) is 3.62. The minimum absolute atomic E-state index is 0.0326. The molecule has 0 spiro atoms. The molecule has 0 bridgehead atoms. The van der Waals surface area contributed by atoms with E-state index < -0.39 is 11.7 Å². The molecule has 122 valence electrons. The Morgan fingerprint density at radius 1 is 1.00 bits per heavy atom. The Morgan fingerprint density at radius 3 is 2.00 bits per heavy atom. The highest BCUT2D eigenvalue weighted by Crippen LogP contribution is 2.29. The maximum absolute atomic E-state index is 12.5. The van der Waals surface area contributed by atoms with E-state index in [0.29, 0.717) is 5.56 Å². The van der Waals surface area contributed by atoms with E-state index in [1.54, 1.807) is 0 Å². The van der Waals surface area contributed by atoms with Crippen LogP contribution >= 0.6 is 0 Å². The van der Waals surface area contributed by atoms with Gasteiger partial charge in [0.1, 0.15) is 0 Å². The van der Waals surface area contributed by atoms with Gasteiger partial charge < -0.3 is 5.32 Å². The predicted octanol–water partition coefficient (Wildman–Crippen LogP) is 4.81. The van der Waals surface area contributed by atoms with Gasteiger partial charge in [-0.05, 0) is 49.6 Å². The summed E-state index contributed by atoms with van der Waals surface area (Å²) in [4.78, 5) is 12.1. The van der Waals surface area contributed by atoms with Crippen LogP contribution in [0.5, 0.6) is 0 Å². The number of aryl methyl sites for hydroxylation is 3. The maximum atomic E-state index is 12.5. The lowest BCUT2D eigenvalue weighted by Gasteiger charge is -2.13. The molecule has 0 unspecified atom stereocenters. The summed E-state index contributed by atoms with van der Waals surface area (Å²) in [6.07, 6.45) is -4.33. The quantitative estimate of drug-likeness (QED) is 0.863. The van der Waals surface area contributed by atoms with E-state index >= 15 is 0 Å². The van der Waals surface area contributed by atoms with Crippen molar-refractivity contribution in [3.63, 3.8) is 0 Å². The molecule has 2 aromatic rings. The van der Waals surface area contributed by atoms with Crippen LogP contribution in [0, 0.1) is 20.8 Å². The minimum atomic E-state index is -4.36. The predicted molar refractivity (Wildman–Crippen MR) is 84.4 cm³/mol. The van der Waals surface area contributed by atoms with Crippen LogP contribution in [0.25, 0.3) is 0 Å². The van der Waals surface area contributed by atoms with E-state index in [1.165, 1.54) is 12.1 Å². The number of rotatable bonds is 3. The average molecular weight is 321 g/mol. The van der Waals surface area contributed by atoms with Gasteiger partial charge in [0, 0.05) is 5.69 Å². The zero-order chi connectivity index (χ0) is 17.2. The van der Waals surface area contributed by atoms with Crippen LogP contribution in [0.2, 0.25) is 0 Å². The Balaban J connectivity index is 2.08. The molecule has 0 aromatic heterocycles. The van der Waals surface area contributed by atoms with Gasteiger partial charge in [-0.15, -0.1) is 0 Å². The second-order valence-electron chi connectivity index (χ2n) is 5.69. The van der Waals surface area contributed by atoms with Crippen LogP contribution in [0.1, 0.15) is 27.8 Å². The topological polar surface area (TPSA) is 29.1 Å². The molecule has 0 aliphatic carbocycles. The summed E-state index contributed by atoms with van der Waals surface area (Å²) in [6, 6.07) is 8.59. The first-order valence-corrected chi connectivity index (χ1v) is 7.20. The van der Waals surface area contributed by atoms with Crippen molar-refractivity contribution in [1.29, 1.82) is 0 Å². The lowest BCUT2D eigenvalue weighted by atomic mass is 10.0. The van der Waals surface area contributed by atoms with E-state index in [4.69, 9.17) is 0 Å². The first kappa shape index (κ1) is 17.1. The molecule has 0 saturated carbocycles. The number of hydrogen-bond acceptors (Lipinski definition) is 1. The fourth-order valence-electron chi connectivity index (χ4n) is 2.56. The molecule has 0 heterocycles. The van der Waals surface area contributed by atoms with Gasteiger partial charge in [0.25, 0.3) is 0 Å². The number of carbonyl (C=O) groups excluding carboxylic acids is 1. The van der Waals surface area contributed by atoms with Gasteiger partial charge in [-0.25, -0.2) is 0 Å². The van der Waals surface area contributed by atoms with E-state index in [-0.39, 0.29) is 12.3 Å². The van der Waals surface area contributed by atoms with Crippen molar-refractivity contribution in [3.8, 4) is 0 Å². The number of hydrogen-bond donors (Lipinski definition) is 1. The Morgan fingerprint density at radius 2 is 1.52 bits per heavy atom. The summed E-state index contributed by atoms with van der Waals surface area (Å²) in [5.74, 6) is -0.250. The molecule has 1 N–H and O–H groups in total. The third kappa shape index (κ3) is 4.34. The minimum Gasteiger partial charge on any atom is -0.325 e. The van der Waals surface area contributed by atoms with Crippen molar-refractivity contribution in [2.75, 3.05) is 5.32 Å². The first-order chi connectivity index (χ1) is 10.7. The van der Waals surface area contributed by atoms with Gasteiger partial charge in [-0.2, -0.15) is 13.2 Å². The molecule has 2 aromatic carbocycles. The standard InChI is InChI=1S/C18H18F3NO/c1-11-8-12(2)17(13(3)9-11)22-16(23)10-14-4-6-15(7-5-14)18(19,20)21/h4-9H,10H2,1-3H3,(H,22,23). The van der Waals surface area contributed by atoms with Gasteiger partial charge in [0.15, 0.2) is 0 Å². The molecule has 2 nitrogen and oxygen atoms in total. The SMILES string of the molecule is Cc1cc(C)c(NC(=O)Cc2ccc(C(F)(F)F)cc2)c(C)c1. The lowest BCUT2D eigenvalue weighted by molar-refractivity contribution is -0.137. The van der Waals surface area contributed by atoms with Crippen molar-refractivity contribution < 1.29 is 18.0 Å². The smallest absolute Gasteiger partial charge is 0.325 e. The highest BCUT2D eigenvalue weighted by Gasteiger charge is 2.29. The van der Waals surface area contributed by atoms with Crippen LogP contribution in [0.3, 0.4) is 0 Å². The molecule has 0 aliphatic rings. The maximum Gasteiger partial charge on any atom is 0.416 e. The zero-order valence-corrected chi connectivity index (χ0v) is 13.2. The zero-order valence-electron chi connectivity index (χ0n) is 13.2. The highest BCUT2D eigenvalue weighted by molar-refractivity contribution is 5.93. The fourth-order valence-corrected chi connectivity index (χ4v) is 2.56. The van der Waals surface area contributed by atoms with Gasteiger partial charge in [0.2, 0.25) is 5.91 Å². The van der Waals surface area contributed by atoms with Crippen molar-refractivity contribution >= 4 is 11.6 Å². The normalized spacial score (nSPS) is 11.4. The summed E-state index contributed by atoms with van der Waals surface area (Å²) in [5, 5.41) is 2.84. The van der Waals surface area contributed by atoms with E-state index in [1.807, 2.05) is 32.9 Å². The van der Waals surface area contributed by atoms with E-state index in [0.717, 1.165) is 34.5 Å². The molecule has 0 aliphatic heterocycles. The highest BCUT2D eigenvalue weighted by atomic mass is 19.4. The van der Waals surface area contributed by atoms with Crippen molar-refractivity contribution in [2.24, 2.45) is 0 Å². The molecular weight excluding hydrogens is 303 g/mol. The first-order valence-electron chi connectivity index (χ1n) is 7.20. The Kier molecular flexibility index (Phi) is 4.78. The molecule has 0 radical (unpaired) electrons. The third-order valence-corrected chi connectivity index (χ3v) is 3.59. The number of halogens is 3. The molecule has 23 heavy (non-hydrogen) atoms. The summed E-state index contributed by atoms with van der Waals surface area (Å²) >= 11 is 0. The van der Waals surface area contributed by atoms with Gasteiger partial charge in [0.05, 0.1) is 12.0 Å². The fraction of sp³-hybridized carbons (Fsp3) is 0.278. The second-order valence-corrected chi connectivity index (χ2v) is 5.69. The van der Waals surface area contributed by atoms with Crippen LogP contribution in [-0.2, 0) is 17.4 Å². The molecule has 5 heteroatoms. The second kappa shape index (κ2) is 6.44. The Bertz CT molecular complexity index is 695. The lowest BCUT2D eigenvalue weighted by Crippen LogP contribution is -2.16. The van der Waals surface area contributed by atoms with Crippen LogP contribution < -0.4 is 5.32 Å². The van der Waals surface area contributed by atoms with Crippen LogP contribution in [-0.4, -0.2) is 5.91 Å². The van der Waals surface area contributed by atoms with Crippen molar-refractivity contribution in [3.05, 3.63) is 64.2 Å². The van der Waals surface area contributed by atoms with Crippen molar-refractivity contribution in [2.45, 2.75) is 33.4 Å². The number of benzene rings is 2. The van der Waals surface area contributed by atoms with Gasteiger partial charge in [-0.3, -0.25) is 4.79 Å². The summed E-state index contributed by atoms with van der Waals surface area (Å²) in [7, 11) is 0. The Labute approximate surface area is 133 Å². The summed E-state index contributed by atoms with van der Waals surface area (Å²) < 4.78 is 37.5. The largest absolute Gasteiger partial charge is 0.416 e. The molecule has 2 rings (SSSR count). The number of nitrogens with one attached hydrogen (secondary N) is 1. The number of alkyl halides is 3. The van der Waals surface area contributed by atoms with Gasteiger partial charge >= 0.3 is 6.18 Å². The molecule has 0 saturated heterocycles. The molecular formula is C18H18F3NO. The molecule has 1 amide bonds. The summed E-state index contributed by atoms with van der Waals surface area (Å²) in [6.45, 7) is 5.80. The van der Waals surface area contributed by atoms with Crippen LogP contribution in [0.15, 0.2) is 36.4 Å². The molecule has 0 fully saturated rings. The molecule has 0 atom stereocenters. The van der Waals surface area contributed by atoms with E-state index in [9.17, 15) is 18.0 Å². The van der Waals surface area contributed by atoms with Crippen LogP contribution in [0.4, 0.5) is 18.9 Å². The Hall–Kier alpha value is -2.30. The third-order valence-electron chi connectivity index (χ3n) is 3.59. The van der Waals surface area contributed by atoms with Crippen molar-refractivity contribution in [1.82, 2.24) is 0 Å². The van der Waals surface area contributed by atoms with Gasteiger partial charge in [-0.1, -0.05) is 29.8 Å². The monoisotopic (exact) mass is 321 g/mol. The number of anilines is 1. The average Bonchev–Trinajstić information content (AvgIpc) is 2.42.